The van der Waals surface area contributed by atoms with Crippen molar-refractivity contribution in [2.75, 3.05) is 0 Å². The second kappa shape index (κ2) is 3.70. The number of rotatable bonds is 0. The van der Waals surface area contributed by atoms with Crippen molar-refractivity contribution in [2.45, 2.75) is 32.6 Å². The molecule has 0 saturated carbocycles. The number of hydrogen-bond acceptors (Lipinski definition) is 3. The summed E-state index contributed by atoms with van der Waals surface area (Å²) in [6.07, 6.45) is 4.34. The van der Waals surface area contributed by atoms with E-state index in [-0.39, 0.29) is 5.91 Å². The average molecular weight is 251 g/mol. The Balaban J connectivity index is 2.21. The molecule has 94 valence electrons. The SMILES string of the molecule is Cc1ccc2c3c(c4c(nc13)CCCC4)N=NC2=O. The summed E-state index contributed by atoms with van der Waals surface area (Å²) in [5.74, 6) is -0.255. The van der Waals surface area contributed by atoms with Gasteiger partial charge in [0.05, 0.1) is 11.1 Å². The molecule has 0 radical (unpaired) electrons. The second-order valence-electron chi connectivity index (χ2n) is 5.25. The Kier molecular flexibility index (Phi) is 2.10. The van der Waals surface area contributed by atoms with E-state index in [2.05, 4.69) is 10.2 Å². The maximum atomic E-state index is 11.9. The summed E-state index contributed by atoms with van der Waals surface area (Å²) in [6.45, 7) is 2.03. The lowest BCUT2D eigenvalue weighted by Crippen LogP contribution is -2.10. The fraction of sp³-hybridized carbons (Fsp3) is 0.333. The number of aryl methyl sites for hydroxylation is 2. The zero-order valence-electron chi connectivity index (χ0n) is 10.7. The number of carbonyl (C=O) groups is 1. The molecule has 0 unspecified atom stereocenters. The Hall–Kier alpha value is -2.10. The monoisotopic (exact) mass is 251 g/mol. The first-order valence-corrected chi connectivity index (χ1v) is 6.67. The van der Waals surface area contributed by atoms with Gasteiger partial charge in [0.2, 0.25) is 0 Å². The number of aromatic nitrogens is 1. The number of azo groups is 1. The highest BCUT2D eigenvalue weighted by Gasteiger charge is 2.25. The standard InChI is InChI=1S/C15H13N3O/c1-8-6-7-10-12-13(8)16-11-5-3-2-4-9(11)14(12)17-18-15(10)19/h6-7H,2-5H2,1H3. The Bertz CT molecular complexity index is 762. The molecule has 0 N–H and O–H groups in total. The topological polar surface area (TPSA) is 54.7 Å². The van der Waals surface area contributed by atoms with Crippen LogP contribution < -0.4 is 0 Å². The van der Waals surface area contributed by atoms with Gasteiger partial charge in [-0.05, 0) is 44.2 Å². The molecule has 0 atom stereocenters. The molecule has 2 aromatic rings. The third-order valence-corrected chi connectivity index (χ3v) is 4.06. The van der Waals surface area contributed by atoms with Gasteiger partial charge in [-0.2, -0.15) is 0 Å². The van der Waals surface area contributed by atoms with Gasteiger partial charge in [-0.1, -0.05) is 6.07 Å². The van der Waals surface area contributed by atoms with Crippen molar-refractivity contribution in [1.29, 1.82) is 0 Å². The van der Waals surface area contributed by atoms with Crippen LogP contribution >= 0.6 is 0 Å². The summed E-state index contributed by atoms with van der Waals surface area (Å²) in [5.41, 5.74) is 5.88. The predicted octanol–water partition coefficient (Wildman–Crippen LogP) is 3.66. The van der Waals surface area contributed by atoms with Crippen LogP contribution in [0.15, 0.2) is 22.4 Å². The molecular formula is C15H13N3O. The van der Waals surface area contributed by atoms with Gasteiger partial charge in [0, 0.05) is 16.6 Å². The lowest BCUT2D eigenvalue weighted by atomic mass is 9.90. The first kappa shape index (κ1) is 10.8. The number of benzene rings is 1. The van der Waals surface area contributed by atoms with E-state index >= 15 is 0 Å². The van der Waals surface area contributed by atoms with Crippen molar-refractivity contribution in [1.82, 2.24) is 4.98 Å². The minimum Gasteiger partial charge on any atom is -0.265 e. The van der Waals surface area contributed by atoms with Crippen molar-refractivity contribution in [3.8, 4) is 0 Å². The maximum Gasteiger partial charge on any atom is 0.296 e. The molecule has 4 heteroatoms. The van der Waals surface area contributed by atoms with Crippen LogP contribution in [0.25, 0.3) is 10.9 Å². The molecule has 4 rings (SSSR count). The highest BCUT2D eigenvalue weighted by atomic mass is 16.1. The molecule has 4 nitrogen and oxygen atoms in total. The average Bonchev–Trinajstić information content (AvgIpc) is 2.44. The summed E-state index contributed by atoms with van der Waals surface area (Å²) in [7, 11) is 0. The first-order valence-electron chi connectivity index (χ1n) is 6.67. The zero-order chi connectivity index (χ0) is 13.0. The summed E-state index contributed by atoms with van der Waals surface area (Å²) in [6, 6.07) is 3.79. The molecule has 0 bridgehead atoms. The first-order chi connectivity index (χ1) is 9.25. The number of carbonyl (C=O) groups excluding carboxylic acids is 1. The van der Waals surface area contributed by atoms with E-state index < -0.39 is 0 Å². The zero-order valence-corrected chi connectivity index (χ0v) is 10.7. The summed E-state index contributed by atoms with van der Waals surface area (Å²) in [4.78, 5) is 16.7. The van der Waals surface area contributed by atoms with Crippen molar-refractivity contribution in [2.24, 2.45) is 10.2 Å². The molecular weight excluding hydrogens is 238 g/mol. The van der Waals surface area contributed by atoms with Crippen molar-refractivity contribution in [3.63, 3.8) is 0 Å². The van der Waals surface area contributed by atoms with Crippen molar-refractivity contribution < 1.29 is 4.79 Å². The normalized spacial score (nSPS) is 16.8. The molecule has 1 aromatic heterocycles. The number of hydrogen-bond donors (Lipinski definition) is 0. The third-order valence-electron chi connectivity index (χ3n) is 4.06. The van der Waals surface area contributed by atoms with Gasteiger partial charge in [0.1, 0.15) is 5.69 Å². The van der Waals surface area contributed by atoms with Gasteiger partial charge >= 0.3 is 0 Å². The molecule has 1 aliphatic heterocycles. The van der Waals surface area contributed by atoms with Gasteiger partial charge in [-0.25, -0.2) is 0 Å². The number of amides is 1. The molecule has 1 aliphatic carbocycles. The second-order valence-corrected chi connectivity index (χ2v) is 5.25. The van der Waals surface area contributed by atoms with Crippen LogP contribution in [-0.2, 0) is 12.8 Å². The van der Waals surface area contributed by atoms with E-state index in [0.29, 0.717) is 5.56 Å². The Labute approximate surface area is 110 Å². The smallest absolute Gasteiger partial charge is 0.265 e. The molecule has 1 amide bonds. The summed E-state index contributed by atoms with van der Waals surface area (Å²) >= 11 is 0. The molecule has 2 aliphatic rings. The van der Waals surface area contributed by atoms with Gasteiger partial charge in [0.15, 0.2) is 0 Å². The van der Waals surface area contributed by atoms with Gasteiger partial charge in [0.25, 0.3) is 5.91 Å². The fourth-order valence-electron chi connectivity index (χ4n) is 3.07. The molecule has 0 fully saturated rings. The highest BCUT2D eigenvalue weighted by molar-refractivity contribution is 6.13. The molecule has 2 heterocycles. The largest absolute Gasteiger partial charge is 0.296 e. The van der Waals surface area contributed by atoms with Crippen LogP contribution in [-0.4, -0.2) is 10.9 Å². The molecule has 19 heavy (non-hydrogen) atoms. The van der Waals surface area contributed by atoms with Crippen molar-refractivity contribution >= 4 is 22.5 Å². The van der Waals surface area contributed by atoms with E-state index in [0.717, 1.165) is 47.1 Å². The molecule has 0 spiro atoms. The van der Waals surface area contributed by atoms with Crippen molar-refractivity contribution in [3.05, 3.63) is 34.5 Å². The minimum absolute atomic E-state index is 0.255. The maximum absolute atomic E-state index is 11.9. The highest BCUT2D eigenvalue weighted by Crippen LogP contribution is 2.40. The number of fused-ring (bicyclic) bond motifs is 2. The van der Waals surface area contributed by atoms with Crippen LogP contribution in [0.2, 0.25) is 0 Å². The van der Waals surface area contributed by atoms with Gasteiger partial charge in [-0.3, -0.25) is 9.78 Å². The molecule has 1 aromatic carbocycles. The van der Waals surface area contributed by atoms with Crippen LogP contribution in [0.4, 0.5) is 5.69 Å². The van der Waals surface area contributed by atoms with Crippen LogP contribution in [0.1, 0.15) is 40.0 Å². The number of nitrogens with zero attached hydrogens (tertiary/aromatic N) is 3. The van der Waals surface area contributed by atoms with E-state index in [1.54, 1.807) is 0 Å². The van der Waals surface area contributed by atoms with Crippen LogP contribution in [0.5, 0.6) is 0 Å². The van der Waals surface area contributed by atoms with E-state index in [1.165, 1.54) is 12.0 Å². The van der Waals surface area contributed by atoms with E-state index in [1.807, 2.05) is 19.1 Å². The Morgan fingerprint density at radius 1 is 1.11 bits per heavy atom. The van der Waals surface area contributed by atoms with Crippen LogP contribution in [0.3, 0.4) is 0 Å². The Morgan fingerprint density at radius 3 is 2.84 bits per heavy atom. The van der Waals surface area contributed by atoms with Gasteiger partial charge < -0.3 is 0 Å². The third kappa shape index (κ3) is 1.40. The van der Waals surface area contributed by atoms with Crippen LogP contribution in [0, 0.1) is 6.92 Å². The minimum atomic E-state index is -0.255. The van der Waals surface area contributed by atoms with E-state index in [4.69, 9.17) is 4.98 Å². The lowest BCUT2D eigenvalue weighted by molar-refractivity contribution is 0.0995. The molecule has 0 saturated heterocycles. The quantitative estimate of drug-likeness (QED) is 0.717. The fourth-order valence-corrected chi connectivity index (χ4v) is 3.07. The van der Waals surface area contributed by atoms with Gasteiger partial charge in [-0.15, -0.1) is 10.2 Å². The lowest BCUT2D eigenvalue weighted by Gasteiger charge is -2.21. The van der Waals surface area contributed by atoms with E-state index in [9.17, 15) is 4.79 Å². The Morgan fingerprint density at radius 2 is 1.95 bits per heavy atom. The predicted molar refractivity (Wildman–Crippen MR) is 72.0 cm³/mol. The summed E-state index contributed by atoms with van der Waals surface area (Å²) < 4.78 is 0. The summed E-state index contributed by atoms with van der Waals surface area (Å²) in [5, 5.41) is 8.88. The number of pyridine rings is 1.